The third-order valence-corrected chi connectivity index (χ3v) is 0.672. The van der Waals surface area contributed by atoms with Crippen LogP contribution in [0.25, 0.3) is 0 Å². The Balaban J connectivity index is 3.50. The van der Waals surface area contributed by atoms with Crippen LogP contribution >= 0.6 is 0 Å². The van der Waals surface area contributed by atoms with Gasteiger partial charge in [-0.05, 0) is 6.92 Å². The minimum absolute atomic E-state index is 0.213. The van der Waals surface area contributed by atoms with Gasteiger partial charge in [-0.25, -0.2) is 0 Å². The van der Waals surface area contributed by atoms with E-state index in [9.17, 15) is 4.79 Å². The Bertz CT molecular complexity index is 116. The van der Waals surface area contributed by atoms with Crippen LogP contribution in [-0.2, 0) is 4.79 Å². The van der Waals surface area contributed by atoms with E-state index in [4.69, 9.17) is 0 Å². The number of hydrogen-bond donors (Lipinski definition) is 0. The van der Waals surface area contributed by atoms with E-state index in [2.05, 4.69) is 11.8 Å². The smallest absolute Gasteiger partial charge is 0.214 e. The molecule has 0 aromatic carbocycles. The maximum absolute atomic E-state index is 9.78. The van der Waals surface area contributed by atoms with E-state index in [0.29, 0.717) is 0 Å². The van der Waals surface area contributed by atoms with Crippen LogP contribution in [-0.4, -0.2) is 6.29 Å². The molecular weight excluding hydrogens is 100 g/mol. The van der Waals surface area contributed by atoms with Crippen LogP contribution in [0.2, 0.25) is 0 Å². The van der Waals surface area contributed by atoms with Crippen molar-refractivity contribution in [2.45, 2.75) is 20.3 Å². The van der Waals surface area contributed by atoms with Gasteiger partial charge in [0, 0.05) is 6.42 Å². The molecule has 1 atom stereocenters. The van der Waals surface area contributed by atoms with E-state index in [1.54, 1.807) is 13.2 Å². The Kier molecular flexibility index (Phi) is 3.97. The highest BCUT2D eigenvalue weighted by Gasteiger charge is 1.89. The molecule has 0 rings (SSSR count). The van der Waals surface area contributed by atoms with Gasteiger partial charge < -0.3 is 0 Å². The van der Waals surface area contributed by atoms with E-state index in [1.807, 2.05) is 6.92 Å². The minimum atomic E-state index is -0.213. The molecule has 1 unspecified atom stereocenters. The van der Waals surface area contributed by atoms with Crippen molar-refractivity contribution >= 4 is 6.29 Å². The summed E-state index contributed by atoms with van der Waals surface area (Å²) in [5.41, 5.74) is 0. The van der Waals surface area contributed by atoms with Gasteiger partial charge in [0.15, 0.2) is 0 Å². The van der Waals surface area contributed by atoms with E-state index in [0.717, 1.165) is 6.42 Å². The van der Waals surface area contributed by atoms with E-state index in [-0.39, 0.29) is 5.92 Å². The first kappa shape index (κ1) is 7.23. The van der Waals surface area contributed by atoms with E-state index >= 15 is 0 Å². The van der Waals surface area contributed by atoms with E-state index in [1.165, 1.54) is 0 Å². The summed E-state index contributed by atoms with van der Waals surface area (Å²) in [7, 11) is 0. The molecule has 0 saturated carbocycles. The van der Waals surface area contributed by atoms with Gasteiger partial charge in [-0.2, -0.15) is 0 Å². The van der Waals surface area contributed by atoms with Crippen molar-refractivity contribution in [3.63, 3.8) is 0 Å². The predicted molar refractivity (Wildman–Crippen MR) is 32.9 cm³/mol. The zero-order valence-corrected chi connectivity index (χ0v) is 5.19. The molecular formula is C7H9O. The number of carbonyl (C=O) groups excluding carboxylic acids is 1. The van der Waals surface area contributed by atoms with Crippen molar-refractivity contribution in [3.05, 3.63) is 0 Å². The van der Waals surface area contributed by atoms with Gasteiger partial charge in [0.1, 0.15) is 0 Å². The van der Waals surface area contributed by atoms with Gasteiger partial charge >= 0.3 is 0 Å². The third kappa shape index (κ3) is 3.42. The van der Waals surface area contributed by atoms with Gasteiger partial charge in [0.25, 0.3) is 0 Å². The molecule has 0 N–H and O–H groups in total. The lowest BCUT2D eigenvalue weighted by molar-refractivity contribution is 0.545. The second kappa shape index (κ2) is 4.39. The highest BCUT2D eigenvalue weighted by molar-refractivity contribution is 5.58. The van der Waals surface area contributed by atoms with Crippen molar-refractivity contribution in [2.75, 3.05) is 0 Å². The molecule has 0 aromatic rings. The lowest BCUT2D eigenvalue weighted by atomic mass is 10.2. The first-order valence-electron chi connectivity index (χ1n) is 2.67. The minimum Gasteiger partial charge on any atom is -0.289 e. The first-order valence-corrected chi connectivity index (χ1v) is 2.67. The topological polar surface area (TPSA) is 17.1 Å². The van der Waals surface area contributed by atoms with Gasteiger partial charge in [-0.3, -0.25) is 4.79 Å². The van der Waals surface area contributed by atoms with Crippen LogP contribution in [0.4, 0.5) is 0 Å². The van der Waals surface area contributed by atoms with Crippen LogP contribution in [0.5, 0.6) is 0 Å². The Morgan fingerprint density at radius 2 is 2.25 bits per heavy atom. The summed E-state index contributed by atoms with van der Waals surface area (Å²) in [6, 6.07) is 0. The highest BCUT2D eigenvalue weighted by Crippen LogP contribution is 1.83. The fraction of sp³-hybridized carbons (Fsp3) is 0.571. The van der Waals surface area contributed by atoms with Crippen LogP contribution in [0.3, 0.4) is 0 Å². The second-order valence-electron chi connectivity index (χ2n) is 1.51. The van der Waals surface area contributed by atoms with Crippen LogP contribution < -0.4 is 0 Å². The summed E-state index contributed by atoms with van der Waals surface area (Å²) in [5.74, 6) is 5.28. The van der Waals surface area contributed by atoms with Crippen LogP contribution in [0.1, 0.15) is 20.3 Å². The van der Waals surface area contributed by atoms with E-state index < -0.39 is 0 Å². The molecule has 43 valence electrons. The molecule has 8 heavy (non-hydrogen) atoms. The molecule has 0 heterocycles. The van der Waals surface area contributed by atoms with Gasteiger partial charge in [-0.15, -0.1) is 5.92 Å². The van der Waals surface area contributed by atoms with Gasteiger partial charge in [0.05, 0.1) is 5.92 Å². The second-order valence-corrected chi connectivity index (χ2v) is 1.51. The summed E-state index contributed by atoms with van der Waals surface area (Å²) < 4.78 is 0. The molecule has 1 heteroatoms. The SMILES string of the molecule is CCC#CC(C)[C]=O. The third-order valence-electron chi connectivity index (χ3n) is 0.672. The van der Waals surface area contributed by atoms with Crippen molar-refractivity contribution in [1.29, 1.82) is 0 Å². The van der Waals surface area contributed by atoms with Crippen LogP contribution in [0.15, 0.2) is 0 Å². The molecule has 0 bridgehead atoms. The highest BCUT2D eigenvalue weighted by atomic mass is 16.1. The lowest BCUT2D eigenvalue weighted by Crippen LogP contribution is -1.88. The summed E-state index contributed by atoms with van der Waals surface area (Å²) in [6.07, 6.45) is 2.59. The number of rotatable bonds is 1. The molecule has 0 saturated heterocycles. The summed E-state index contributed by atoms with van der Waals surface area (Å²) in [5, 5.41) is 0. The zero-order valence-electron chi connectivity index (χ0n) is 5.19. The van der Waals surface area contributed by atoms with Crippen molar-refractivity contribution in [3.8, 4) is 11.8 Å². The average molecular weight is 109 g/mol. The monoisotopic (exact) mass is 109 g/mol. The molecule has 0 amide bonds. The largest absolute Gasteiger partial charge is 0.289 e. The summed E-state index contributed by atoms with van der Waals surface area (Å²) >= 11 is 0. The predicted octanol–water partition coefficient (Wildman–Crippen LogP) is 1.15. The van der Waals surface area contributed by atoms with Crippen molar-refractivity contribution in [1.82, 2.24) is 0 Å². The first-order chi connectivity index (χ1) is 3.81. The Labute approximate surface area is 50.1 Å². The molecule has 1 radical (unpaired) electrons. The van der Waals surface area contributed by atoms with Crippen molar-refractivity contribution in [2.24, 2.45) is 5.92 Å². The Hall–Kier alpha value is -0.770. The normalized spacial score (nSPS) is 11.2. The Morgan fingerprint density at radius 3 is 2.62 bits per heavy atom. The standard InChI is InChI=1S/C7H9O/c1-3-4-5-7(2)6-8/h7H,3H2,1-2H3. The summed E-state index contributed by atoms with van der Waals surface area (Å²) in [4.78, 5) is 9.78. The molecule has 0 aliphatic rings. The molecule has 0 aromatic heterocycles. The Morgan fingerprint density at radius 1 is 1.62 bits per heavy atom. The zero-order chi connectivity index (χ0) is 6.41. The molecule has 0 aliphatic carbocycles. The molecule has 0 fully saturated rings. The lowest BCUT2D eigenvalue weighted by Gasteiger charge is -1.81. The fourth-order valence-electron chi connectivity index (χ4n) is 0.285. The average Bonchev–Trinajstić information content (AvgIpc) is 1.83. The summed E-state index contributed by atoms with van der Waals surface area (Å²) in [6.45, 7) is 3.68. The quantitative estimate of drug-likeness (QED) is 0.461. The maximum atomic E-state index is 9.78. The fourth-order valence-corrected chi connectivity index (χ4v) is 0.285. The maximum Gasteiger partial charge on any atom is 0.214 e. The molecule has 0 spiro atoms. The number of hydrogen-bond acceptors (Lipinski definition) is 1. The van der Waals surface area contributed by atoms with Gasteiger partial charge in [0.2, 0.25) is 6.29 Å². The van der Waals surface area contributed by atoms with Crippen LogP contribution in [0, 0.1) is 17.8 Å². The molecule has 0 aliphatic heterocycles. The molecule has 1 nitrogen and oxygen atoms in total. The van der Waals surface area contributed by atoms with Crippen molar-refractivity contribution < 1.29 is 4.79 Å². The van der Waals surface area contributed by atoms with Gasteiger partial charge in [-0.1, -0.05) is 12.8 Å².